The van der Waals surface area contributed by atoms with E-state index in [0.717, 1.165) is 11.9 Å². The summed E-state index contributed by atoms with van der Waals surface area (Å²) in [5, 5.41) is 14.0. The Balaban J connectivity index is 2.16. The van der Waals surface area contributed by atoms with E-state index in [-0.39, 0.29) is 18.2 Å². The standard InChI is InChI=1S/C11H15N3O2S/c1-2-7(6-15)12-5-9-13-8-3-4-17-10(8)11(16)14-9/h3-4,7,12,15H,2,5-6H2,1H3,(H,13,14,16). The molecule has 0 saturated carbocycles. The molecule has 2 heterocycles. The molecule has 0 aromatic carbocycles. The molecule has 1 unspecified atom stereocenters. The third kappa shape index (κ3) is 2.71. The van der Waals surface area contributed by atoms with Crippen LogP contribution >= 0.6 is 11.3 Å². The summed E-state index contributed by atoms with van der Waals surface area (Å²) >= 11 is 1.39. The van der Waals surface area contributed by atoms with Gasteiger partial charge in [-0.05, 0) is 17.9 Å². The highest BCUT2D eigenvalue weighted by molar-refractivity contribution is 7.17. The summed E-state index contributed by atoms with van der Waals surface area (Å²) in [6.45, 7) is 2.54. The maximum atomic E-state index is 11.7. The first-order valence-electron chi connectivity index (χ1n) is 5.55. The average Bonchev–Trinajstić information content (AvgIpc) is 2.79. The van der Waals surface area contributed by atoms with Crippen LogP contribution in [-0.4, -0.2) is 27.7 Å². The maximum absolute atomic E-state index is 11.7. The summed E-state index contributed by atoms with van der Waals surface area (Å²) in [6.07, 6.45) is 0.835. The lowest BCUT2D eigenvalue weighted by Gasteiger charge is -2.12. The van der Waals surface area contributed by atoms with Gasteiger partial charge >= 0.3 is 0 Å². The molecule has 2 rings (SSSR count). The summed E-state index contributed by atoms with van der Waals surface area (Å²) in [4.78, 5) is 18.8. The minimum Gasteiger partial charge on any atom is -0.395 e. The van der Waals surface area contributed by atoms with Crippen molar-refractivity contribution in [2.75, 3.05) is 6.61 Å². The van der Waals surface area contributed by atoms with Gasteiger partial charge in [-0.1, -0.05) is 6.92 Å². The quantitative estimate of drug-likeness (QED) is 0.738. The Labute approximate surface area is 103 Å². The Morgan fingerprint density at radius 2 is 2.47 bits per heavy atom. The number of thiophene rings is 1. The molecule has 2 aromatic rings. The van der Waals surface area contributed by atoms with Crippen LogP contribution in [0.3, 0.4) is 0 Å². The van der Waals surface area contributed by atoms with Gasteiger partial charge in [0.05, 0.1) is 18.7 Å². The first-order chi connectivity index (χ1) is 8.24. The molecule has 2 aromatic heterocycles. The van der Waals surface area contributed by atoms with Gasteiger partial charge in [-0.25, -0.2) is 4.98 Å². The summed E-state index contributed by atoms with van der Waals surface area (Å²) < 4.78 is 0.656. The highest BCUT2D eigenvalue weighted by atomic mass is 32.1. The van der Waals surface area contributed by atoms with Crippen LogP contribution in [-0.2, 0) is 6.54 Å². The van der Waals surface area contributed by atoms with Crippen LogP contribution in [0.5, 0.6) is 0 Å². The summed E-state index contributed by atoms with van der Waals surface area (Å²) in [6, 6.07) is 1.88. The molecule has 5 nitrogen and oxygen atoms in total. The van der Waals surface area contributed by atoms with Crippen molar-refractivity contribution in [2.45, 2.75) is 25.9 Å². The van der Waals surface area contributed by atoms with E-state index < -0.39 is 0 Å². The van der Waals surface area contributed by atoms with Crippen LogP contribution in [0, 0.1) is 0 Å². The van der Waals surface area contributed by atoms with Crippen molar-refractivity contribution in [1.29, 1.82) is 0 Å². The number of nitrogens with one attached hydrogen (secondary N) is 2. The predicted octanol–water partition coefficient (Wildman–Crippen LogP) is 0.845. The van der Waals surface area contributed by atoms with Crippen LogP contribution in [0.15, 0.2) is 16.2 Å². The molecule has 0 radical (unpaired) electrons. The van der Waals surface area contributed by atoms with Gasteiger partial charge in [-0.2, -0.15) is 0 Å². The smallest absolute Gasteiger partial charge is 0.268 e. The first-order valence-corrected chi connectivity index (χ1v) is 6.43. The molecular formula is C11H15N3O2S. The molecule has 6 heteroatoms. The number of fused-ring (bicyclic) bond motifs is 1. The summed E-state index contributed by atoms with van der Waals surface area (Å²) in [5.41, 5.74) is 0.631. The number of hydrogen-bond acceptors (Lipinski definition) is 5. The number of aliphatic hydroxyl groups is 1. The second-order valence-corrected chi connectivity index (χ2v) is 4.73. The van der Waals surface area contributed by atoms with Gasteiger partial charge in [0.15, 0.2) is 0 Å². The fraction of sp³-hybridized carbons (Fsp3) is 0.455. The lowest BCUT2D eigenvalue weighted by atomic mass is 10.2. The second-order valence-electron chi connectivity index (χ2n) is 3.82. The molecule has 0 bridgehead atoms. The highest BCUT2D eigenvalue weighted by Gasteiger charge is 2.07. The van der Waals surface area contributed by atoms with Gasteiger partial charge in [0.2, 0.25) is 0 Å². The van der Waals surface area contributed by atoms with Crippen molar-refractivity contribution >= 4 is 21.6 Å². The van der Waals surface area contributed by atoms with E-state index in [1.165, 1.54) is 11.3 Å². The van der Waals surface area contributed by atoms with Crippen molar-refractivity contribution in [2.24, 2.45) is 0 Å². The Morgan fingerprint density at radius 1 is 1.65 bits per heavy atom. The van der Waals surface area contributed by atoms with E-state index in [9.17, 15) is 4.79 Å². The van der Waals surface area contributed by atoms with Crippen molar-refractivity contribution in [3.63, 3.8) is 0 Å². The van der Waals surface area contributed by atoms with Gasteiger partial charge in [0, 0.05) is 6.04 Å². The minimum atomic E-state index is -0.0983. The van der Waals surface area contributed by atoms with Crippen LogP contribution in [0.25, 0.3) is 10.2 Å². The second kappa shape index (κ2) is 5.39. The number of hydrogen-bond donors (Lipinski definition) is 3. The monoisotopic (exact) mass is 253 g/mol. The number of aliphatic hydroxyl groups excluding tert-OH is 1. The largest absolute Gasteiger partial charge is 0.395 e. The van der Waals surface area contributed by atoms with E-state index in [1.54, 1.807) is 0 Å². The molecule has 3 N–H and O–H groups in total. The Morgan fingerprint density at radius 3 is 3.18 bits per heavy atom. The van der Waals surface area contributed by atoms with E-state index in [2.05, 4.69) is 15.3 Å². The number of aromatic nitrogens is 2. The molecule has 0 aliphatic carbocycles. The van der Waals surface area contributed by atoms with Gasteiger partial charge in [0.25, 0.3) is 5.56 Å². The molecule has 0 aliphatic rings. The fourth-order valence-electron chi connectivity index (χ4n) is 1.58. The highest BCUT2D eigenvalue weighted by Crippen LogP contribution is 2.13. The average molecular weight is 253 g/mol. The van der Waals surface area contributed by atoms with Crippen LogP contribution in [0.2, 0.25) is 0 Å². The van der Waals surface area contributed by atoms with Crippen molar-refractivity contribution < 1.29 is 5.11 Å². The van der Waals surface area contributed by atoms with Crippen molar-refractivity contribution in [1.82, 2.24) is 15.3 Å². The molecule has 92 valence electrons. The number of H-pyrrole nitrogens is 1. The molecular weight excluding hydrogens is 238 g/mol. The summed E-state index contributed by atoms with van der Waals surface area (Å²) in [5.74, 6) is 0.604. The van der Waals surface area contributed by atoms with E-state index in [1.807, 2.05) is 18.4 Å². The molecule has 0 amide bonds. The number of rotatable bonds is 5. The van der Waals surface area contributed by atoms with Gasteiger partial charge in [-0.3, -0.25) is 4.79 Å². The first kappa shape index (κ1) is 12.2. The zero-order valence-corrected chi connectivity index (χ0v) is 10.4. The van der Waals surface area contributed by atoms with Crippen LogP contribution in [0.1, 0.15) is 19.2 Å². The van der Waals surface area contributed by atoms with E-state index in [0.29, 0.717) is 17.1 Å². The predicted molar refractivity (Wildman–Crippen MR) is 68.2 cm³/mol. The fourth-order valence-corrected chi connectivity index (χ4v) is 2.31. The Hall–Kier alpha value is -1.24. The van der Waals surface area contributed by atoms with Gasteiger partial charge in [-0.15, -0.1) is 11.3 Å². The molecule has 0 fully saturated rings. The number of nitrogens with zero attached hydrogens (tertiary/aromatic N) is 1. The van der Waals surface area contributed by atoms with Gasteiger partial charge < -0.3 is 15.4 Å². The Bertz CT molecular complexity index is 545. The molecule has 17 heavy (non-hydrogen) atoms. The molecule has 0 aliphatic heterocycles. The molecule has 1 atom stereocenters. The van der Waals surface area contributed by atoms with Crippen LogP contribution in [0.4, 0.5) is 0 Å². The van der Waals surface area contributed by atoms with Gasteiger partial charge in [0.1, 0.15) is 10.5 Å². The minimum absolute atomic E-state index is 0.0403. The Kier molecular flexibility index (Phi) is 3.88. The third-order valence-electron chi connectivity index (χ3n) is 2.64. The van der Waals surface area contributed by atoms with Crippen molar-refractivity contribution in [3.05, 3.63) is 27.6 Å². The lowest BCUT2D eigenvalue weighted by molar-refractivity contribution is 0.237. The normalized spacial score (nSPS) is 13.1. The zero-order chi connectivity index (χ0) is 12.3. The van der Waals surface area contributed by atoms with E-state index in [4.69, 9.17) is 5.11 Å². The number of aromatic amines is 1. The zero-order valence-electron chi connectivity index (χ0n) is 9.56. The molecule has 0 spiro atoms. The lowest BCUT2D eigenvalue weighted by Crippen LogP contribution is -2.32. The van der Waals surface area contributed by atoms with Crippen molar-refractivity contribution in [3.8, 4) is 0 Å². The SMILES string of the molecule is CCC(CO)NCc1nc2ccsc2c(=O)[nH]1. The van der Waals surface area contributed by atoms with Crippen LogP contribution < -0.4 is 10.9 Å². The summed E-state index contributed by atoms with van der Waals surface area (Å²) in [7, 11) is 0. The third-order valence-corrected chi connectivity index (χ3v) is 3.54. The topological polar surface area (TPSA) is 78.0 Å². The van der Waals surface area contributed by atoms with E-state index >= 15 is 0 Å². The molecule has 0 saturated heterocycles. The maximum Gasteiger partial charge on any atom is 0.268 e.